The van der Waals surface area contributed by atoms with Crippen LogP contribution in [0.15, 0.2) is 243 Å². The standard InChI is InChI=1S/C82H96O17Si/c1-58(83)94-77-73(90-52-64-41-25-12-26-42-64)70(87-49-61-35-19-9-20-36-61)67(55-85-47-59-31-15-7-16-32-59)96-80(77)99-78-74(91-53-65-43-27-13-28-44-65)71(88-50-62-37-21-10-22-38-62)68(56-86-48-60-33-17-8-18-34-60)97-81(78)98-75-72(89-51-63-39-23-11-24-40-63)69(57-93-100(5,6)82(2,3)4)95-79(84)76(75)92-54-66-45-29-14-30-46-66/h7-46,67-81,84H,47-57H2,1-6H3/t67-,68-,69-,70-,71-,72-,73+,74+,75+,76+,77+,78+,79+,80-,81-/m1/s1. The number of benzene rings is 8. The molecule has 11 rings (SSSR count). The maximum absolute atomic E-state index is 14.0. The summed E-state index contributed by atoms with van der Waals surface area (Å²) in [6.45, 7) is 13.2. The zero-order chi connectivity index (χ0) is 69.5. The Bertz CT molecular complexity index is 3600. The van der Waals surface area contributed by atoms with Gasteiger partial charge in [-0.25, -0.2) is 0 Å². The van der Waals surface area contributed by atoms with Crippen LogP contribution in [0.4, 0.5) is 0 Å². The summed E-state index contributed by atoms with van der Waals surface area (Å²) in [4.78, 5) is 14.0. The fourth-order valence-electron chi connectivity index (χ4n) is 12.2. The van der Waals surface area contributed by atoms with Crippen molar-refractivity contribution >= 4 is 14.3 Å². The van der Waals surface area contributed by atoms with Crippen LogP contribution in [0.1, 0.15) is 72.2 Å². The third-order valence-electron chi connectivity index (χ3n) is 18.6. The van der Waals surface area contributed by atoms with Crippen molar-refractivity contribution in [2.75, 3.05) is 19.8 Å². The second-order valence-corrected chi connectivity index (χ2v) is 31.9. The number of carbonyl (C=O) groups excluding carboxylic acids is 1. The fraction of sp³-hybridized carbons (Fsp3) is 0.402. The van der Waals surface area contributed by atoms with Gasteiger partial charge in [-0.1, -0.05) is 263 Å². The lowest BCUT2D eigenvalue weighted by Crippen LogP contribution is -2.68. The third kappa shape index (κ3) is 21.2. The van der Waals surface area contributed by atoms with Crippen LogP contribution in [0.2, 0.25) is 18.1 Å². The smallest absolute Gasteiger partial charge is 0.303 e. The molecular formula is C82H96O17Si. The molecule has 3 saturated heterocycles. The van der Waals surface area contributed by atoms with Gasteiger partial charge in [-0.3, -0.25) is 4.79 Å². The maximum atomic E-state index is 14.0. The summed E-state index contributed by atoms with van der Waals surface area (Å²) in [6.07, 6.45) is -17.8. The topological polar surface area (TPSA) is 176 Å². The highest BCUT2D eigenvalue weighted by atomic mass is 28.4. The van der Waals surface area contributed by atoms with Crippen LogP contribution < -0.4 is 0 Å². The molecule has 15 atom stereocenters. The summed E-state index contributed by atoms with van der Waals surface area (Å²) in [5, 5.41) is 12.5. The zero-order valence-corrected chi connectivity index (χ0v) is 59.0. The van der Waals surface area contributed by atoms with Gasteiger partial charge in [-0.2, -0.15) is 0 Å². The van der Waals surface area contributed by atoms with E-state index in [2.05, 4.69) is 33.9 Å². The molecule has 0 radical (unpaired) electrons. The molecule has 3 heterocycles. The Balaban J connectivity index is 1.07. The van der Waals surface area contributed by atoms with Gasteiger partial charge in [0.15, 0.2) is 33.3 Å². The number of aliphatic hydroxyl groups excluding tert-OH is 1. The highest BCUT2D eigenvalue weighted by molar-refractivity contribution is 6.74. The molecule has 0 spiro atoms. The largest absolute Gasteiger partial charge is 0.454 e. The SMILES string of the molecule is CC(=O)O[C@@H]1[C@@H](O[C@@H]2[C@@H](O[C@@H]3[C@H](OCc4ccccc4)[C@@H](O)O[C@H](CO[Si](C)(C)C(C)(C)C)[C@H]3OCc3ccccc3)O[C@H](COCc3ccccc3)[C@@H](OCc3ccccc3)[C@@H]2OCc2ccccc2)O[C@H](COCc2ccccc2)[C@@H](OCc2ccccc2)[C@@H]1OCc1ccccc1. The summed E-state index contributed by atoms with van der Waals surface area (Å²) < 4.78 is 107. The number of aliphatic hydroxyl groups is 1. The van der Waals surface area contributed by atoms with Crippen molar-refractivity contribution in [2.45, 2.75) is 191 Å². The van der Waals surface area contributed by atoms with Crippen molar-refractivity contribution < 1.29 is 80.6 Å². The van der Waals surface area contributed by atoms with E-state index in [1.807, 2.05) is 243 Å². The molecule has 100 heavy (non-hydrogen) atoms. The molecule has 0 saturated carbocycles. The Labute approximate surface area is 589 Å². The summed E-state index contributed by atoms with van der Waals surface area (Å²) >= 11 is 0. The first-order valence-corrected chi connectivity index (χ1v) is 37.5. The van der Waals surface area contributed by atoms with E-state index in [-0.39, 0.29) is 77.7 Å². The molecule has 530 valence electrons. The van der Waals surface area contributed by atoms with Gasteiger partial charge >= 0.3 is 5.97 Å². The average Bonchev–Trinajstić information content (AvgIpc) is 0.749. The molecule has 3 fully saturated rings. The van der Waals surface area contributed by atoms with Crippen molar-refractivity contribution in [3.63, 3.8) is 0 Å². The number of hydrogen-bond acceptors (Lipinski definition) is 17. The number of carbonyl (C=O) groups is 1. The molecule has 8 aromatic rings. The molecule has 0 bridgehead atoms. The molecule has 8 aromatic carbocycles. The van der Waals surface area contributed by atoms with Crippen LogP contribution in [0.25, 0.3) is 0 Å². The number of rotatable bonds is 34. The molecule has 0 unspecified atom stereocenters. The minimum atomic E-state index is -2.50. The Morgan fingerprint density at radius 2 is 0.620 bits per heavy atom. The first-order valence-electron chi connectivity index (χ1n) is 34.6. The molecule has 3 aliphatic rings. The highest BCUT2D eigenvalue weighted by Gasteiger charge is 2.58. The minimum Gasteiger partial charge on any atom is -0.454 e. The van der Waals surface area contributed by atoms with Crippen LogP contribution >= 0.6 is 0 Å². The van der Waals surface area contributed by atoms with E-state index < -0.39 is 106 Å². The van der Waals surface area contributed by atoms with E-state index in [0.717, 1.165) is 44.5 Å². The summed E-state index contributed by atoms with van der Waals surface area (Å²) in [5.74, 6) is -0.640. The molecule has 3 aliphatic heterocycles. The number of hydrogen-bond donors (Lipinski definition) is 1. The molecule has 1 N–H and O–H groups in total. The van der Waals surface area contributed by atoms with Gasteiger partial charge in [0.05, 0.1) is 72.7 Å². The second-order valence-electron chi connectivity index (χ2n) is 27.1. The van der Waals surface area contributed by atoms with Crippen LogP contribution in [0.5, 0.6) is 0 Å². The predicted octanol–water partition coefficient (Wildman–Crippen LogP) is 13.8. The van der Waals surface area contributed by atoms with Crippen LogP contribution in [-0.2, 0) is 128 Å². The summed E-state index contributed by atoms with van der Waals surface area (Å²) in [7, 11) is -2.50. The van der Waals surface area contributed by atoms with E-state index in [0.29, 0.717) is 0 Å². The van der Waals surface area contributed by atoms with Crippen molar-refractivity contribution in [3.8, 4) is 0 Å². The van der Waals surface area contributed by atoms with Gasteiger partial charge in [0.1, 0.15) is 67.1 Å². The van der Waals surface area contributed by atoms with Gasteiger partial charge < -0.3 is 75.8 Å². The monoisotopic (exact) mass is 1380 g/mol. The van der Waals surface area contributed by atoms with E-state index in [1.54, 1.807) is 0 Å². The quantitative estimate of drug-likeness (QED) is 0.0297. The lowest BCUT2D eigenvalue weighted by molar-refractivity contribution is -0.399. The molecule has 17 nitrogen and oxygen atoms in total. The van der Waals surface area contributed by atoms with Gasteiger partial charge in [0, 0.05) is 6.92 Å². The van der Waals surface area contributed by atoms with Gasteiger partial charge in [-0.05, 0) is 62.6 Å². The van der Waals surface area contributed by atoms with Gasteiger partial charge in [-0.15, -0.1) is 0 Å². The van der Waals surface area contributed by atoms with Crippen LogP contribution in [0, 0.1) is 0 Å². The summed E-state index contributed by atoms with van der Waals surface area (Å²) in [6, 6.07) is 78.4. The Hall–Kier alpha value is -7.15. The first kappa shape index (κ1) is 74.0. The zero-order valence-electron chi connectivity index (χ0n) is 58.0. The van der Waals surface area contributed by atoms with Crippen molar-refractivity contribution in [2.24, 2.45) is 0 Å². The summed E-state index contributed by atoms with van der Waals surface area (Å²) in [5.41, 5.74) is 7.06. The normalized spacial score (nSPS) is 25.6. The predicted molar refractivity (Wildman–Crippen MR) is 379 cm³/mol. The van der Waals surface area contributed by atoms with E-state index in [9.17, 15) is 9.90 Å². The van der Waals surface area contributed by atoms with E-state index in [1.165, 1.54) is 6.92 Å². The van der Waals surface area contributed by atoms with Gasteiger partial charge in [0.25, 0.3) is 0 Å². The van der Waals surface area contributed by atoms with Crippen molar-refractivity contribution in [1.29, 1.82) is 0 Å². The Kier molecular flexibility index (Phi) is 27.5. The second kappa shape index (κ2) is 37.1. The first-order chi connectivity index (χ1) is 48.7. The van der Waals surface area contributed by atoms with Gasteiger partial charge in [0.2, 0.25) is 0 Å². The molecule has 18 heteroatoms. The minimum absolute atomic E-state index is 0.0238. The molecular weight excluding hydrogens is 1280 g/mol. The van der Waals surface area contributed by atoms with E-state index >= 15 is 0 Å². The fourth-order valence-corrected chi connectivity index (χ4v) is 13.2. The molecule has 0 aromatic heterocycles. The maximum Gasteiger partial charge on any atom is 0.303 e. The number of esters is 1. The highest BCUT2D eigenvalue weighted by Crippen LogP contribution is 2.41. The van der Waals surface area contributed by atoms with Crippen LogP contribution in [-0.4, -0.2) is 131 Å². The van der Waals surface area contributed by atoms with E-state index in [4.69, 9.17) is 70.7 Å². The Morgan fingerprint density at radius 1 is 0.350 bits per heavy atom. The van der Waals surface area contributed by atoms with Crippen molar-refractivity contribution in [3.05, 3.63) is 287 Å². The van der Waals surface area contributed by atoms with Crippen LogP contribution in [0.3, 0.4) is 0 Å². The average molecular weight is 1380 g/mol. The lowest BCUT2D eigenvalue weighted by Gasteiger charge is -2.52. The number of ether oxygens (including phenoxy) is 14. The molecule has 0 aliphatic carbocycles. The Morgan fingerprint density at radius 3 is 0.950 bits per heavy atom. The van der Waals surface area contributed by atoms with Crippen molar-refractivity contribution in [1.82, 2.24) is 0 Å². The lowest BCUT2D eigenvalue weighted by atomic mass is 9.95. The molecule has 0 amide bonds. The third-order valence-corrected chi connectivity index (χ3v) is 23.1.